The molecule has 0 bridgehead atoms. The van der Waals surface area contributed by atoms with E-state index in [1.54, 1.807) is 6.92 Å². The Balaban J connectivity index is 4.96. The lowest BCUT2D eigenvalue weighted by molar-refractivity contribution is -0.0918. The van der Waals surface area contributed by atoms with Crippen molar-refractivity contribution in [2.24, 2.45) is 4.99 Å². The fraction of sp³-hybridized carbons (Fsp3) is 0.625. The van der Waals surface area contributed by atoms with Crippen molar-refractivity contribution >= 4 is 5.71 Å². The van der Waals surface area contributed by atoms with E-state index in [4.69, 9.17) is 0 Å². The first-order valence-corrected chi connectivity index (χ1v) is 3.49. The number of halogens is 3. The Kier molecular flexibility index (Phi) is 3.49. The van der Waals surface area contributed by atoms with Crippen LogP contribution in [0, 0.1) is 0 Å². The molecule has 0 aliphatic heterocycles. The maximum atomic E-state index is 12.1. The number of rotatable bonds is 1. The molecule has 70 valence electrons. The third-order valence-electron chi connectivity index (χ3n) is 1.87. The molecule has 0 radical (unpaired) electrons. The van der Waals surface area contributed by atoms with Crippen LogP contribution < -0.4 is 0 Å². The molecule has 12 heavy (non-hydrogen) atoms. The maximum absolute atomic E-state index is 12.1. The van der Waals surface area contributed by atoms with Crippen LogP contribution in [0.3, 0.4) is 0 Å². The Hall–Kier alpha value is -0.800. The van der Waals surface area contributed by atoms with Crippen LogP contribution in [0.2, 0.25) is 0 Å². The first kappa shape index (κ1) is 11.2. The van der Waals surface area contributed by atoms with Gasteiger partial charge in [-0.15, -0.1) is 0 Å². The summed E-state index contributed by atoms with van der Waals surface area (Å²) in [4.78, 5) is 3.68. The maximum Gasteiger partial charge on any atom is 0.412 e. The SMILES string of the molecule is CN=C(C)/C(C)=C(\C)C(F)(F)F. The number of allylic oxidation sites excluding steroid dienone is 2. The Morgan fingerprint density at radius 3 is 1.75 bits per heavy atom. The van der Waals surface area contributed by atoms with Gasteiger partial charge in [0.1, 0.15) is 0 Å². The third kappa shape index (κ3) is 2.68. The molecule has 0 rings (SSSR count). The summed E-state index contributed by atoms with van der Waals surface area (Å²) in [7, 11) is 1.47. The van der Waals surface area contributed by atoms with Gasteiger partial charge in [-0.3, -0.25) is 4.99 Å². The van der Waals surface area contributed by atoms with Crippen molar-refractivity contribution in [3.05, 3.63) is 11.1 Å². The molecule has 1 nitrogen and oxygen atoms in total. The van der Waals surface area contributed by atoms with Crippen molar-refractivity contribution in [2.45, 2.75) is 26.9 Å². The van der Waals surface area contributed by atoms with E-state index in [9.17, 15) is 13.2 Å². The van der Waals surface area contributed by atoms with E-state index in [-0.39, 0.29) is 5.57 Å². The van der Waals surface area contributed by atoms with Crippen LogP contribution in [0.4, 0.5) is 13.2 Å². The van der Waals surface area contributed by atoms with Crippen molar-refractivity contribution in [3.8, 4) is 0 Å². The van der Waals surface area contributed by atoms with Gasteiger partial charge >= 0.3 is 6.18 Å². The molecule has 0 N–H and O–H groups in total. The molecule has 0 aliphatic carbocycles. The molecule has 4 heteroatoms. The van der Waals surface area contributed by atoms with Gasteiger partial charge in [0.25, 0.3) is 0 Å². The Labute approximate surface area is 70.0 Å². The summed E-state index contributed by atoms with van der Waals surface area (Å²) in [6, 6.07) is 0. The van der Waals surface area contributed by atoms with Crippen LogP contribution in [0.15, 0.2) is 16.1 Å². The van der Waals surface area contributed by atoms with Crippen molar-refractivity contribution < 1.29 is 13.2 Å². The van der Waals surface area contributed by atoms with Crippen molar-refractivity contribution in [1.29, 1.82) is 0 Å². The van der Waals surface area contributed by atoms with Crippen molar-refractivity contribution in [1.82, 2.24) is 0 Å². The quantitative estimate of drug-likeness (QED) is 0.549. The molecule has 0 aromatic heterocycles. The second-order valence-electron chi connectivity index (χ2n) is 2.56. The predicted molar refractivity (Wildman–Crippen MR) is 43.5 cm³/mol. The second kappa shape index (κ2) is 3.74. The van der Waals surface area contributed by atoms with Crippen LogP contribution in [0.25, 0.3) is 0 Å². The monoisotopic (exact) mass is 179 g/mol. The van der Waals surface area contributed by atoms with E-state index in [0.29, 0.717) is 5.71 Å². The highest BCUT2D eigenvalue weighted by molar-refractivity contribution is 5.98. The van der Waals surface area contributed by atoms with Gasteiger partial charge in [0, 0.05) is 18.3 Å². The van der Waals surface area contributed by atoms with Gasteiger partial charge in [0.2, 0.25) is 0 Å². The minimum atomic E-state index is -4.24. The van der Waals surface area contributed by atoms with Gasteiger partial charge in [0.05, 0.1) is 0 Å². The Morgan fingerprint density at radius 1 is 1.08 bits per heavy atom. The zero-order valence-corrected chi connectivity index (χ0v) is 7.58. The molecule has 0 saturated carbocycles. The standard InChI is InChI=1S/C8H12F3N/c1-5(7(3)12-4)6(2)8(9,10)11/h1-4H3/b6-5+,12-7?. The lowest BCUT2D eigenvalue weighted by Crippen LogP contribution is -2.13. The summed E-state index contributed by atoms with van der Waals surface area (Å²) in [6.45, 7) is 4.04. The number of nitrogens with zero attached hydrogens (tertiary/aromatic N) is 1. The molecule has 0 atom stereocenters. The first-order valence-electron chi connectivity index (χ1n) is 3.49. The second-order valence-corrected chi connectivity index (χ2v) is 2.56. The van der Waals surface area contributed by atoms with E-state index in [0.717, 1.165) is 6.92 Å². The zero-order valence-electron chi connectivity index (χ0n) is 7.58. The third-order valence-corrected chi connectivity index (χ3v) is 1.87. The minimum Gasteiger partial charge on any atom is -0.293 e. The molecular formula is C8H12F3N. The lowest BCUT2D eigenvalue weighted by Gasteiger charge is -2.10. The summed E-state index contributed by atoms with van der Waals surface area (Å²) in [6.07, 6.45) is -4.24. The molecule has 0 unspecified atom stereocenters. The molecule has 0 amide bonds. The number of hydrogen-bond donors (Lipinski definition) is 0. The molecule has 0 spiro atoms. The van der Waals surface area contributed by atoms with E-state index in [1.165, 1.54) is 14.0 Å². The van der Waals surface area contributed by atoms with E-state index in [2.05, 4.69) is 4.99 Å². The van der Waals surface area contributed by atoms with Crippen LogP contribution >= 0.6 is 0 Å². The topological polar surface area (TPSA) is 12.4 Å². The first-order chi connectivity index (χ1) is 5.30. The molecule has 0 aromatic rings. The average molecular weight is 179 g/mol. The number of aliphatic imine (C=N–C) groups is 1. The van der Waals surface area contributed by atoms with Crippen LogP contribution in [-0.2, 0) is 0 Å². The lowest BCUT2D eigenvalue weighted by atomic mass is 10.1. The molecule has 0 aromatic carbocycles. The summed E-state index contributed by atoms with van der Waals surface area (Å²) < 4.78 is 36.3. The zero-order chi connectivity index (χ0) is 9.94. The van der Waals surface area contributed by atoms with Gasteiger partial charge in [-0.2, -0.15) is 13.2 Å². The largest absolute Gasteiger partial charge is 0.412 e. The number of hydrogen-bond acceptors (Lipinski definition) is 1. The van der Waals surface area contributed by atoms with Gasteiger partial charge < -0.3 is 0 Å². The van der Waals surface area contributed by atoms with Crippen molar-refractivity contribution in [3.63, 3.8) is 0 Å². The Morgan fingerprint density at radius 2 is 1.50 bits per heavy atom. The summed E-state index contributed by atoms with van der Waals surface area (Å²) >= 11 is 0. The van der Waals surface area contributed by atoms with E-state index >= 15 is 0 Å². The van der Waals surface area contributed by atoms with Crippen LogP contribution in [0.1, 0.15) is 20.8 Å². The normalized spacial score (nSPS) is 16.1. The highest BCUT2D eigenvalue weighted by Gasteiger charge is 2.31. The molecule has 0 fully saturated rings. The summed E-state index contributed by atoms with van der Waals surface area (Å²) in [5, 5.41) is 0. The van der Waals surface area contributed by atoms with Gasteiger partial charge in [-0.05, 0) is 26.3 Å². The average Bonchev–Trinajstić information content (AvgIpc) is 1.98. The summed E-state index contributed by atoms with van der Waals surface area (Å²) in [5.41, 5.74) is 0.0421. The molecular weight excluding hydrogens is 167 g/mol. The molecule has 0 saturated heterocycles. The van der Waals surface area contributed by atoms with Gasteiger partial charge in [-0.25, -0.2) is 0 Å². The fourth-order valence-electron chi connectivity index (χ4n) is 0.652. The van der Waals surface area contributed by atoms with E-state index < -0.39 is 11.7 Å². The van der Waals surface area contributed by atoms with Crippen molar-refractivity contribution in [2.75, 3.05) is 7.05 Å². The minimum absolute atomic E-state index is 0.199. The van der Waals surface area contributed by atoms with Crippen LogP contribution in [0.5, 0.6) is 0 Å². The Bertz CT molecular complexity index is 223. The highest BCUT2D eigenvalue weighted by atomic mass is 19.4. The summed E-state index contributed by atoms with van der Waals surface area (Å²) in [5.74, 6) is 0. The fourth-order valence-corrected chi connectivity index (χ4v) is 0.652. The number of alkyl halides is 3. The smallest absolute Gasteiger partial charge is 0.293 e. The van der Waals surface area contributed by atoms with Crippen LogP contribution in [-0.4, -0.2) is 18.9 Å². The van der Waals surface area contributed by atoms with Gasteiger partial charge in [0.15, 0.2) is 0 Å². The highest BCUT2D eigenvalue weighted by Crippen LogP contribution is 2.27. The van der Waals surface area contributed by atoms with E-state index in [1.807, 2.05) is 0 Å². The molecule has 0 aliphatic rings. The molecule has 0 heterocycles. The predicted octanol–water partition coefficient (Wildman–Crippen LogP) is 2.98. The van der Waals surface area contributed by atoms with Gasteiger partial charge in [-0.1, -0.05) is 0 Å².